The third-order valence-corrected chi connectivity index (χ3v) is 3.04. The molecule has 4 heteroatoms. The first-order chi connectivity index (χ1) is 10.0. The molecule has 0 aliphatic heterocycles. The first-order valence-electron chi connectivity index (χ1n) is 7.40. The van der Waals surface area contributed by atoms with Crippen LogP contribution in [0.4, 0.5) is 0 Å². The lowest BCUT2D eigenvalue weighted by Gasteiger charge is -2.15. The second-order valence-corrected chi connectivity index (χ2v) is 5.52. The Morgan fingerprint density at radius 3 is 2.81 bits per heavy atom. The topological polar surface area (TPSA) is 62.2 Å². The Hall–Kier alpha value is -1.86. The fourth-order valence-electron chi connectivity index (χ4n) is 1.85. The van der Waals surface area contributed by atoms with Crippen molar-refractivity contribution < 1.29 is 9.90 Å². The van der Waals surface area contributed by atoms with Crippen LogP contribution in [0.25, 0.3) is 0 Å². The average Bonchev–Trinajstić information content (AvgIpc) is 2.46. The number of nitrogens with zero attached hydrogens (tertiary/aromatic N) is 1. The summed E-state index contributed by atoms with van der Waals surface area (Å²) in [6.07, 6.45) is 4.00. The van der Waals surface area contributed by atoms with Gasteiger partial charge in [-0.05, 0) is 37.8 Å². The molecule has 21 heavy (non-hydrogen) atoms. The van der Waals surface area contributed by atoms with E-state index in [9.17, 15) is 4.79 Å². The lowest BCUT2D eigenvalue weighted by molar-refractivity contribution is 0.0932. The second-order valence-electron chi connectivity index (χ2n) is 5.52. The zero-order valence-corrected chi connectivity index (χ0v) is 13.0. The summed E-state index contributed by atoms with van der Waals surface area (Å²) < 4.78 is 0. The zero-order valence-electron chi connectivity index (χ0n) is 13.0. The highest BCUT2D eigenvalue weighted by Crippen LogP contribution is 2.08. The standard InChI is InChI=1S/C17H24N2O2/c1-13(2)9-10-14(3)19-17(21)16-15(7-4-5-12-20)8-6-11-18-16/h6,8,11,13-14,20H,5,9-10,12H2,1-3H3,(H,19,21). The van der Waals surface area contributed by atoms with Gasteiger partial charge in [-0.15, -0.1) is 0 Å². The molecule has 0 aliphatic carbocycles. The molecule has 0 spiro atoms. The third kappa shape index (κ3) is 6.42. The number of hydrogen-bond acceptors (Lipinski definition) is 3. The van der Waals surface area contributed by atoms with E-state index in [1.165, 1.54) is 0 Å². The van der Waals surface area contributed by atoms with Gasteiger partial charge in [0, 0.05) is 18.7 Å². The summed E-state index contributed by atoms with van der Waals surface area (Å²) in [4.78, 5) is 16.4. The third-order valence-electron chi connectivity index (χ3n) is 3.04. The van der Waals surface area contributed by atoms with E-state index in [1.54, 1.807) is 18.3 Å². The van der Waals surface area contributed by atoms with Crippen molar-refractivity contribution in [3.63, 3.8) is 0 Å². The number of aromatic nitrogens is 1. The van der Waals surface area contributed by atoms with Gasteiger partial charge >= 0.3 is 0 Å². The first kappa shape index (κ1) is 17.2. The van der Waals surface area contributed by atoms with Gasteiger partial charge in [0.25, 0.3) is 5.91 Å². The fourth-order valence-corrected chi connectivity index (χ4v) is 1.85. The maximum absolute atomic E-state index is 12.3. The monoisotopic (exact) mass is 288 g/mol. The van der Waals surface area contributed by atoms with Crippen molar-refractivity contribution in [2.45, 2.75) is 46.1 Å². The van der Waals surface area contributed by atoms with Gasteiger partial charge in [-0.2, -0.15) is 0 Å². The number of rotatable bonds is 6. The number of hydrogen-bond donors (Lipinski definition) is 2. The Kier molecular flexibility index (Phi) is 7.49. The van der Waals surface area contributed by atoms with E-state index in [4.69, 9.17) is 5.11 Å². The number of carbonyl (C=O) groups excluding carboxylic acids is 1. The second kappa shape index (κ2) is 9.15. The van der Waals surface area contributed by atoms with Gasteiger partial charge in [0.2, 0.25) is 0 Å². The van der Waals surface area contributed by atoms with Gasteiger partial charge in [0.15, 0.2) is 0 Å². The van der Waals surface area contributed by atoms with Crippen molar-refractivity contribution in [3.05, 3.63) is 29.6 Å². The lowest BCUT2D eigenvalue weighted by atomic mass is 10.0. The van der Waals surface area contributed by atoms with E-state index < -0.39 is 0 Å². The largest absolute Gasteiger partial charge is 0.395 e. The van der Waals surface area contributed by atoms with E-state index in [1.807, 2.05) is 6.92 Å². The highest BCUT2D eigenvalue weighted by atomic mass is 16.2. The zero-order chi connectivity index (χ0) is 15.7. The van der Waals surface area contributed by atoms with Gasteiger partial charge in [-0.3, -0.25) is 4.79 Å². The highest BCUT2D eigenvalue weighted by Gasteiger charge is 2.14. The average molecular weight is 288 g/mol. The summed E-state index contributed by atoms with van der Waals surface area (Å²) in [6, 6.07) is 3.63. The van der Waals surface area contributed by atoms with Crippen LogP contribution in [0.5, 0.6) is 0 Å². The Morgan fingerprint density at radius 1 is 1.38 bits per heavy atom. The van der Waals surface area contributed by atoms with E-state index in [-0.39, 0.29) is 18.6 Å². The molecule has 0 fully saturated rings. The van der Waals surface area contributed by atoms with Crippen LogP contribution in [0.2, 0.25) is 0 Å². The predicted octanol–water partition coefficient (Wildman–Crippen LogP) is 2.37. The maximum Gasteiger partial charge on any atom is 0.271 e. The number of aliphatic hydroxyl groups is 1. The van der Waals surface area contributed by atoms with Crippen LogP contribution >= 0.6 is 0 Å². The lowest BCUT2D eigenvalue weighted by Crippen LogP contribution is -2.33. The maximum atomic E-state index is 12.3. The smallest absolute Gasteiger partial charge is 0.271 e. The van der Waals surface area contributed by atoms with E-state index in [0.29, 0.717) is 23.6 Å². The molecular weight excluding hydrogens is 264 g/mol. The summed E-state index contributed by atoms with van der Waals surface area (Å²) in [5, 5.41) is 11.7. The molecule has 1 unspecified atom stereocenters. The van der Waals surface area contributed by atoms with Crippen molar-refractivity contribution in [1.82, 2.24) is 10.3 Å². The van der Waals surface area contributed by atoms with Crippen LogP contribution in [0.1, 0.15) is 56.1 Å². The molecular formula is C17H24N2O2. The number of aliphatic hydroxyl groups excluding tert-OH is 1. The summed E-state index contributed by atoms with van der Waals surface area (Å²) in [5.74, 6) is 6.14. The highest BCUT2D eigenvalue weighted by molar-refractivity contribution is 5.94. The molecule has 1 aromatic heterocycles. The van der Waals surface area contributed by atoms with Crippen LogP contribution in [0.3, 0.4) is 0 Å². The Labute approximate surface area is 127 Å². The van der Waals surface area contributed by atoms with Crippen molar-refractivity contribution in [2.24, 2.45) is 5.92 Å². The van der Waals surface area contributed by atoms with Crippen LogP contribution < -0.4 is 5.32 Å². The molecule has 0 aromatic carbocycles. The molecule has 4 nitrogen and oxygen atoms in total. The predicted molar refractivity (Wildman–Crippen MR) is 83.8 cm³/mol. The summed E-state index contributed by atoms with van der Waals surface area (Å²) in [5.41, 5.74) is 0.943. The summed E-state index contributed by atoms with van der Waals surface area (Å²) in [6.45, 7) is 6.35. The van der Waals surface area contributed by atoms with Crippen LogP contribution in [-0.2, 0) is 0 Å². The number of carbonyl (C=O) groups is 1. The normalized spacial score (nSPS) is 11.7. The number of amides is 1. The summed E-state index contributed by atoms with van der Waals surface area (Å²) in [7, 11) is 0. The van der Waals surface area contributed by atoms with Crippen molar-refractivity contribution in [1.29, 1.82) is 0 Å². The molecule has 1 rings (SSSR count). The van der Waals surface area contributed by atoms with Gasteiger partial charge in [0.1, 0.15) is 5.69 Å². The molecule has 2 N–H and O–H groups in total. The van der Waals surface area contributed by atoms with Crippen molar-refractivity contribution in [2.75, 3.05) is 6.61 Å². The SMILES string of the molecule is CC(C)CCC(C)NC(=O)c1ncccc1C#CCCO. The van der Waals surface area contributed by atoms with E-state index in [0.717, 1.165) is 12.8 Å². The van der Waals surface area contributed by atoms with Crippen molar-refractivity contribution in [3.8, 4) is 11.8 Å². The quantitative estimate of drug-likeness (QED) is 0.790. The minimum Gasteiger partial charge on any atom is -0.395 e. The Balaban J connectivity index is 2.72. The van der Waals surface area contributed by atoms with Crippen molar-refractivity contribution >= 4 is 5.91 Å². The Bertz CT molecular complexity index is 515. The van der Waals surface area contributed by atoms with Gasteiger partial charge < -0.3 is 10.4 Å². The van der Waals surface area contributed by atoms with Gasteiger partial charge in [0.05, 0.1) is 12.2 Å². The van der Waals surface area contributed by atoms with E-state index in [2.05, 4.69) is 36.0 Å². The molecule has 0 aliphatic rings. The minimum atomic E-state index is -0.194. The van der Waals surface area contributed by atoms with Gasteiger partial charge in [-0.1, -0.05) is 25.7 Å². The molecule has 0 bridgehead atoms. The Morgan fingerprint density at radius 2 is 2.14 bits per heavy atom. The molecule has 1 atom stereocenters. The molecule has 1 amide bonds. The van der Waals surface area contributed by atoms with Crippen LogP contribution in [-0.4, -0.2) is 28.6 Å². The van der Waals surface area contributed by atoms with Crippen LogP contribution in [0, 0.1) is 17.8 Å². The molecule has 114 valence electrons. The van der Waals surface area contributed by atoms with Gasteiger partial charge in [-0.25, -0.2) is 4.98 Å². The molecule has 1 aromatic rings. The fraction of sp³-hybridized carbons (Fsp3) is 0.529. The molecule has 0 saturated carbocycles. The molecule has 1 heterocycles. The number of pyridine rings is 1. The molecule has 0 radical (unpaired) electrons. The molecule has 0 saturated heterocycles. The van der Waals surface area contributed by atoms with Crippen LogP contribution in [0.15, 0.2) is 18.3 Å². The summed E-state index contributed by atoms with van der Waals surface area (Å²) >= 11 is 0. The first-order valence-corrected chi connectivity index (χ1v) is 7.40. The number of nitrogens with one attached hydrogen (secondary N) is 1. The van der Waals surface area contributed by atoms with E-state index >= 15 is 0 Å². The minimum absolute atomic E-state index is 0.0149.